The lowest BCUT2D eigenvalue weighted by molar-refractivity contribution is -0.384. The van der Waals surface area contributed by atoms with Gasteiger partial charge < -0.3 is 4.74 Å². The van der Waals surface area contributed by atoms with Crippen LogP contribution in [0.1, 0.15) is 47.7 Å². The summed E-state index contributed by atoms with van der Waals surface area (Å²) < 4.78 is 5.77. The van der Waals surface area contributed by atoms with E-state index in [0.717, 1.165) is 42.4 Å². The highest BCUT2D eigenvalue weighted by Gasteiger charge is 2.26. The lowest BCUT2D eigenvalue weighted by Crippen LogP contribution is -2.22. The van der Waals surface area contributed by atoms with Crippen LogP contribution in [-0.2, 0) is 13.0 Å². The number of nitro groups is 1. The number of hydrogen-bond donors (Lipinski definition) is 0. The molecule has 0 spiro atoms. The SMILES string of the molecule is CCCC1CCc2cc(OCc3cccc([N+](=O)[O-])c3)ccc2C1=O. The Balaban J connectivity index is 1.70. The van der Waals surface area contributed by atoms with E-state index in [-0.39, 0.29) is 24.0 Å². The monoisotopic (exact) mass is 339 g/mol. The third-order valence-electron chi connectivity index (χ3n) is 4.64. The second-order valence-corrected chi connectivity index (χ2v) is 6.42. The molecule has 130 valence electrons. The molecule has 0 saturated heterocycles. The molecule has 1 unspecified atom stereocenters. The topological polar surface area (TPSA) is 69.4 Å². The highest BCUT2D eigenvalue weighted by atomic mass is 16.6. The fourth-order valence-electron chi connectivity index (χ4n) is 3.34. The maximum Gasteiger partial charge on any atom is 0.269 e. The van der Waals surface area contributed by atoms with Gasteiger partial charge in [0.1, 0.15) is 12.4 Å². The zero-order chi connectivity index (χ0) is 17.8. The lowest BCUT2D eigenvalue weighted by atomic mass is 9.80. The van der Waals surface area contributed by atoms with Crippen molar-refractivity contribution in [2.24, 2.45) is 5.92 Å². The molecule has 1 aliphatic carbocycles. The Morgan fingerprint density at radius 3 is 2.84 bits per heavy atom. The summed E-state index contributed by atoms with van der Waals surface area (Å²) >= 11 is 0. The molecule has 3 rings (SSSR count). The molecule has 0 aliphatic heterocycles. The van der Waals surface area contributed by atoms with E-state index in [1.54, 1.807) is 12.1 Å². The van der Waals surface area contributed by atoms with Crippen LogP contribution in [0, 0.1) is 16.0 Å². The fraction of sp³-hybridized carbons (Fsp3) is 0.350. The highest BCUT2D eigenvalue weighted by Crippen LogP contribution is 2.31. The lowest BCUT2D eigenvalue weighted by Gasteiger charge is -2.23. The van der Waals surface area contributed by atoms with Crippen LogP contribution in [0.3, 0.4) is 0 Å². The van der Waals surface area contributed by atoms with E-state index < -0.39 is 4.92 Å². The van der Waals surface area contributed by atoms with E-state index in [0.29, 0.717) is 5.75 Å². The molecule has 0 heterocycles. The first-order valence-corrected chi connectivity index (χ1v) is 8.61. The number of nitrogens with zero attached hydrogens (tertiary/aromatic N) is 1. The van der Waals surface area contributed by atoms with Gasteiger partial charge in [0.15, 0.2) is 5.78 Å². The quantitative estimate of drug-likeness (QED) is 0.564. The van der Waals surface area contributed by atoms with E-state index >= 15 is 0 Å². The van der Waals surface area contributed by atoms with Crippen molar-refractivity contribution in [3.63, 3.8) is 0 Å². The zero-order valence-electron chi connectivity index (χ0n) is 14.2. The Labute approximate surface area is 146 Å². The summed E-state index contributed by atoms with van der Waals surface area (Å²) in [6.45, 7) is 2.36. The molecule has 5 nitrogen and oxygen atoms in total. The Morgan fingerprint density at radius 2 is 2.08 bits per heavy atom. The Morgan fingerprint density at radius 1 is 1.24 bits per heavy atom. The molecule has 0 amide bonds. The van der Waals surface area contributed by atoms with Crippen molar-refractivity contribution in [2.45, 2.75) is 39.2 Å². The first kappa shape index (κ1) is 17.1. The fourth-order valence-corrected chi connectivity index (χ4v) is 3.34. The van der Waals surface area contributed by atoms with Crippen molar-refractivity contribution in [1.29, 1.82) is 0 Å². The van der Waals surface area contributed by atoms with Gasteiger partial charge in [0, 0.05) is 23.6 Å². The van der Waals surface area contributed by atoms with Gasteiger partial charge in [-0.1, -0.05) is 25.5 Å². The van der Waals surface area contributed by atoms with Crippen molar-refractivity contribution in [1.82, 2.24) is 0 Å². The Kier molecular flexibility index (Phi) is 5.12. The normalized spacial score (nSPS) is 16.4. The molecule has 0 fully saturated rings. The maximum absolute atomic E-state index is 12.5. The van der Waals surface area contributed by atoms with Crippen LogP contribution in [0.4, 0.5) is 5.69 Å². The molecule has 0 aromatic heterocycles. The number of aryl methyl sites for hydroxylation is 1. The van der Waals surface area contributed by atoms with E-state index in [2.05, 4.69) is 6.92 Å². The summed E-state index contributed by atoms with van der Waals surface area (Å²) in [5.74, 6) is 1.08. The molecule has 2 aromatic rings. The van der Waals surface area contributed by atoms with E-state index in [9.17, 15) is 14.9 Å². The molecule has 1 aliphatic rings. The second kappa shape index (κ2) is 7.47. The number of benzene rings is 2. The predicted molar refractivity (Wildman–Crippen MR) is 94.9 cm³/mol. The van der Waals surface area contributed by atoms with E-state index in [4.69, 9.17) is 4.74 Å². The summed E-state index contributed by atoms with van der Waals surface area (Å²) in [6.07, 6.45) is 3.76. The summed E-state index contributed by atoms with van der Waals surface area (Å²) in [4.78, 5) is 22.9. The van der Waals surface area contributed by atoms with Gasteiger partial charge >= 0.3 is 0 Å². The van der Waals surface area contributed by atoms with Gasteiger partial charge in [-0.3, -0.25) is 14.9 Å². The average molecular weight is 339 g/mol. The van der Waals surface area contributed by atoms with Crippen LogP contribution in [0.15, 0.2) is 42.5 Å². The molecule has 0 bridgehead atoms. The number of hydrogen-bond acceptors (Lipinski definition) is 4. The highest BCUT2D eigenvalue weighted by molar-refractivity contribution is 6.00. The van der Waals surface area contributed by atoms with Gasteiger partial charge in [0.2, 0.25) is 0 Å². The molecular weight excluding hydrogens is 318 g/mol. The first-order chi connectivity index (χ1) is 12.1. The van der Waals surface area contributed by atoms with Gasteiger partial charge in [-0.2, -0.15) is 0 Å². The third kappa shape index (κ3) is 3.87. The zero-order valence-corrected chi connectivity index (χ0v) is 14.2. The van der Waals surface area contributed by atoms with Crippen molar-refractivity contribution in [2.75, 3.05) is 0 Å². The van der Waals surface area contributed by atoms with Crippen molar-refractivity contribution in [3.8, 4) is 5.75 Å². The maximum atomic E-state index is 12.5. The minimum Gasteiger partial charge on any atom is -0.489 e. The van der Waals surface area contributed by atoms with Crippen molar-refractivity contribution in [3.05, 3.63) is 69.3 Å². The molecular formula is C20H21NO4. The number of carbonyl (C=O) groups excluding carboxylic acids is 1. The number of fused-ring (bicyclic) bond motifs is 1. The van der Waals surface area contributed by atoms with E-state index in [1.165, 1.54) is 12.1 Å². The molecule has 0 N–H and O–H groups in total. The number of ketones is 1. The molecule has 0 radical (unpaired) electrons. The summed E-state index contributed by atoms with van der Waals surface area (Å²) in [5.41, 5.74) is 2.64. The number of carbonyl (C=O) groups is 1. The molecule has 0 saturated carbocycles. The molecule has 5 heteroatoms. The molecule has 25 heavy (non-hydrogen) atoms. The second-order valence-electron chi connectivity index (χ2n) is 6.42. The number of Topliss-reactive ketones (excluding diaryl/α,β-unsaturated/α-hetero) is 1. The number of rotatable bonds is 6. The van der Waals surface area contributed by atoms with Gasteiger partial charge in [-0.25, -0.2) is 0 Å². The number of non-ortho nitro benzene ring substituents is 1. The van der Waals surface area contributed by atoms with Gasteiger partial charge in [0.05, 0.1) is 4.92 Å². The minimum absolute atomic E-state index is 0.0547. The largest absolute Gasteiger partial charge is 0.489 e. The Bertz CT molecular complexity index is 800. The summed E-state index contributed by atoms with van der Waals surface area (Å²) in [7, 11) is 0. The van der Waals surface area contributed by atoms with Crippen LogP contribution in [0.25, 0.3) is 0 Å². The summed E-state index contributed by atoms with van der Waals surface area (Å²) in [6, 6.07) is 12.0. The first-order valence-electron chi connectivity index (χ1n) is 8.61. The smallest absolute Gasteiger partial charge is 0.269 e. The van der Waals surface area contributed by atoms with Crippen LogP contribution in [-0.4, -0.2) is 10.7 Å². The number of nitro benzene ring substituents is 1. The molecule has 1 atom stereocenters. The van der Waals surface area contributed by atoms with E-state index in [1.807, 2.05) is 18.2 Å². The van der Waals surface area contributed by atoms with Gasteiger partial charge in [-0.15, -0.1) is 0 Å². The van der Waals surface area contributed by atoms with Crippen LogP contribution < -0.4 is 4.74 Å². The van der Waals surface area contributed by atoms with Crippen LogP contribution in [0.2, 0.25) is 0 Å². The van der Waals surface area contributed by atoms with Gasteiger partial charge in [0.25, 0.3) is 5.69 Å². The molecule has 2 aromatic carbocycles. The minimum atomic E-state index is -0.416. The Hall–Kier alpha value is -2.69. The van der Waals surface area contributed by atoms with Crippen LogP contribution >= 0.6 is 0 Å². The predicted octanol–water partition coefficient (Wildman–Crippen LogP) is 4.72. The number of ether oxygens (including phenoxy) is 1. The summed E-state index contributed by atoms with van der Waals surface area (Å²) in [5, 5.41) is 10.8. The average Bonchev–Trinajstić information content (AvgIpc) is 2.62. The van der Waals surface area contributed by atoms with Crippen LogP contribution in [0.5, 0.6) is 5.75 Å². The third-order valence-corrected chi connectivity index (χ3v) is 4.64. The standard InChI is InChI=1S/C20H21NO4/c1-2-4-15-7-8-16-12-18(9-10-19(16)20(15)22)25-13-14-5-3-6-17(11-14)21(23)24/h3,5-6,9-12,15H,2,4,7-8,13H2,1H3. The van der Waals surface area contributed by atoms with Gasteiger partial charge in [-0.05, 0) is 48.6 Å². The van der Waals surface area contributed by atoms with Crippen molar-refractivity contribution < 1.29 is 14.5 Å². The van der Waals surface area contributed by atoms with Crippen molar-refractivity contribution >= 4 is 11.5 Å².